The van der Waals surface area contributed by atoms with E-state index in [-0.39, 0.29) is 41.5 Å². The quantitative estimate of drug-likeness (QED) is 0.369. The summed E-state index contributed by atoms with van der Waals surface area (Å²) in [6.07, 6.45) is 0.615. The standard InChI is InChI=1S/C19H22ClN3O2S.HI/c1-21-19(23-17-10-11-26(24,25)13-17)22-12-15-4-2-3-5-18(15)14-6-8-16(20)9-7-14;/h2-9,17H,10-13H2,1H3,(H2,21,22,23);1H. The van der Waals surface area contributed by atoms with Crippen molar-refractivity contribution in [2.45, 2.75) is 19.0 Å². The van der Waals surface area contributed by atoms with E-state index < -0.39 is 9.84 Å². The first-order valence-electron chi connectivity index (χ1n) is 8.48. The van der Waals surface area contributed by atoms with Crippen molar-refractivity contribution in [3.8, 4) is 11.1 Å². The Morgan fingerprint density at radius 3 is 2.52 bits per heavy atom. The first-order chi connectivity index (χ1) is 12.5. The van der Waals surface area contributed by atoms with Crippen LogP contribution in [0.5, 0.6) is 0 Å². The molecule has 1 saturated heterocycles. The molecule has 1 fully saturated rings. The number of benzene rings is 2. The Bertz CT molecular complexity index is 901. The Morgan fingerprint density at radius 1 is 1.19 bits per heavy atom. The van der Waals surface area contributed by atoms with E-state index in [9.17, 15) is 8.42 Å². The largest absolute Gasteiger partial charge is 0.353 e. The smallest absolute Gasteiger partial charge is 0.191 e. The predicted octanol–water partition coefficient (Wildman–Crippen LogP) is 3.48. The van der Waals surface area contributed by atoms with Crippen molar-refractivity contribution in [1.82, 2.24) is 10.6 Å². The number of sulfone groups is 1. The minimum absolute atomic E-state index is 0. The molecule has 2 aromatic rings. The third-order valence-corrected chi connectivity index (χ3v) is 6.44. The molecule has 0 saturated carbocycles. The van der Waals surface area contributed by atoms with Gasteiger partial charge in [-0.05, 0) is 35.2 Å². The molecule has 0 amide bonds. The van der Waals surface area contributed by atoms with Crippen LogP contribution in [-0.4, -0.2) is 39.0 Å². The maximum atomic E-state index is 11.6. The van der Waals surface area contributed by atoms with Gasteiger partial charge in [-0.15, -0.1) is 24.0 Å². The lowest BCUT2D eigenvalue weighted by atomic mass is 10.00. The van der Waals surface area contributed by atoms with Gasteiger partial charge >= 0.3 is 0 Å². The van der Waals surface area contributed by atoms with Gasteiger partial charge in [0.2, 0.25) is 0 Å². The predicted molar refractivity (Wildman–Crippen MR) is 123 cm³/mol. The van der Waals surface area contributed by atoms with Crippen molar-refractivity contribution in [1.29, 1.82) is 0 Å². The number of guanidine groups is 1. The van der Waals surface area contributed by atoms with Crippen LogP contribution in [0.15, 0.2) is 53.5 Å². The van der Waals surface area contributed by atoms with E-state index in [1.54, 1.807) is 7.05 Å². The molecule has 1 unspecified atom stereocenters. The summed E-state index contributed by atoms with van der Waals surface area (Å²) in [5.41, 5.74) is 3.34. The number of hydrogen-bond donors (Lipinski definition) is 2. The highest BCUT2D eigenvalue weighted by atomic mass is 127. The van der Waals surface area contributed by atoms with Gasteiger partial charge in [0.15, 0.2) is 15.8 Å². The van der Waals surface area contributed by atoms with Crippen LogP contribution in [-0.2, 0) is 16.4 Å². The maximum absolute atomic E-state index is 11.6. The van der Waals surface area contributed by atoms with Crippen LogP contribution in [0.1, 0.15) is 12.0 Å². The van der Waals surface area contributed by atoms with E-state index in [2.05, 4.69) is 27.8 Å². The van der Waals surface area contributed by atoms with Crippen molar-refractivity contribution in [2.75, 3.05) is 18.6 Å². The van der Waals surface area contributed by atoms with Gasteiger partial charge in [-0.3, -0.25) is 4.99 Å². The lowest BCUT2D eigenvalue weighted by Gasteiger charge is -2.17. The lowest BCUT2D eigenvalue weighted by molar-refractivity contribution is 0.599. The number of halogens is 2. The number of hydrogen-bond acceptors (Lipinski definition) is 3. The number of aliphatic imine (C=N–C) groups is 1. The summed E-state index contributed by atoms with van der Waals surface area (Å²) in [7, 11) is -1.23. The van der Waals surface area contributed by atoms with Gasteiger partial charge in [0.05, 0.1) is 11.5 Å². The summed E-state index contributed by atoms with van der Waals surface area (Å²) in [5.74, 6) is 1.01. The van der Waals surface area contributed by atoms with Gasteiger partial charge in [-0.25, -0.2) is 8.42 Å². The Kier molecular flexibility index (Phi) is 7.93. The molecule has 1 aliphatic rings. The second-order valence-electron chi connectivity index (χ2n) is 6.33. The molecule has 1 atom stereocenters. The topological polar surface area (TPSA) is 70.6 Å². The van der Waals surface area contributed by atoms with E-state index in [4.69, 9.17) is 11.6 Å². The third kappa shape index (κ3) is 6.08. The van der Waals surface area contributed by atoms with Gasteiger partial charge in [-0.1, -0.05) is 48.0 Å². The maximum Gasteiger partial charge on any atom is 0.191 e. The van der Waals surface area contributed by atoms with Crippen LogP contribution in [0.3, 0.4) is 0 Å². The fraction of sp³-hybridized carbons (Fsp3) is 0.316. The summed E-state index contributed by atoms with van der Waals surface area (Å²) in [5, 5.41) is 7.19. The minimum atomic E-state index is -2.92. The van der Waals surface area contributed by atoms with Crippen LogP contribution in [0.25, 0.3) is 11.1 Å². The van der Waals surface area contributed by atoms with Crippen molar-refractivity contribution >= 4 is 51.4 Å². The summed E-state index contributed by atoms with van der Waals surface area (Å²) < 4.78 is 23.2. The SMILES string of the molecule is CN=C(NCc1ccccc1-c1ccc(Cl)cc1)NC1CCS(=O)(=O)C1.I. The van der Waals surface area contributed by atoms with Crippen molar-refractivity contribution in [3.63, 3.8) is 0 Å². The molecule has 0 radical (unpaired) electrons. The fourth-order valence-electron chi connectivity index (χ4n) is 3.06. The van der Waals surface area contributed by atoms with Gasteiger partial charge < -0.3 is 10.6 Å². The Labute approximate surface area is 182 Å². The molecule has 2 N–H and O–H groups in total. The van der Waals surface area contributed by atoms with Crippen LogP contribution in [0.4, 0.5) is 0 Å². The molecule has 8 heteroatoms. The van der Waals surface area contributed by atoms with E-state index in [0.717, 1.165) is 16.7 Å². The van der Waals surface area contributed by atoms with Crippen molar-refractivity contribution < 1.29 is 8.42 Å². The molecule has 0 spiro atoms. The van der Waals surface area contributed by atoms with E-state index in [1.807, 2.05) is 36.4 Å². The molecule has 3 rings (SSSR count). The summed E-state index contributed by atoms with van der Waals surface area (Å²) in [6, 6.07) is 15.8. The number of nitrogens with one attached hydrogen (secondary N) is 2. The van der Waals surface area contributed by atoms with Crippen LogP contribution >= 0.6 is 35.6 Å². The summed E-state index contributed by atoms with van der Waals surface area (Å²) >= 11 is 5.98. The zero-order valence-electron chi connectivity index (χ0n) is 15.0. The average Bonchev–Trinajstić information content (AvgIpc) is 2.98. The second-order valence-corrected chi connectivity index (χ2v) is 9.00. The Balaban J connectivity index is 0.00000261. The molecule has 27 heavy (non-hydrogen) atoms. The molecule has 5 nitrogen and oxygen atoms in total. The normalized spacial score (nSPS) is 18.6. The Hall–Kier alpha value is -1.32. The molecule has 1 aliphatic heterocycles. The molecule has 0 aliphatic carbocycles. The molecule has 2 aromatic carbocycles. The van der Waals surface area contributed by atoms with Crippen LogP contribution in [0.2, 0.25) is 5.02 Å². The van der Waals surface area contributed by atoms with E-state index >= 15 is 0 Å². The van der Waals surface area contributed by atoms with Gasteiger partial charge in [0.1, 0.15) is 0 Å². The second kappa shape index (κ2) is 9.75. The highest BCUT2D eigenvalue weighted by molar-refractivity contribution is 14.0. The highest BCUT2D eigenvalue weighted by Gasteiger charge is 2.28. The number of rotatable bonds is 4. The van der Waals surface area contributed by atoms with E-state index in [0.29, 0.717) is 23.9 Å². The summed E-state index contributed by atoms with van der Waals surface area (Å²) in [6.45, 7) is 0.581. The molecule has 1 heterocycles. The molecular formula is C19H23ClIN3O2S. The van der Waals surface area contributed by atoms with Crippen molar-refractivity contribution in [2.24, 2.45) is 4.99 Å². The first-order valence-corrected chi connectivity index (χ1v) is 10.7. The van der Waals surface area contributed by atoms with Gasteiger partial charge in [0.25, 0.3) is 0 Å². The Morgan fingerprint density at radius 2 is 1.89 bits per heavy atom. The minimum Gasteiger partial charge on any atom is -0.353 e. The molecule has 146 valence electrons. The van der Waals surface area contributed by atoms with E-state index in [1.165, 1.54) is 0 Å². The average molecular weight is 520 g/mol. The fourth-order valence-corrected chi connectivity index (χ4v) is 4.86. The summed E-state index contributed by atoms with van der Waals surface area (Å²) in [4.78, 5) is 4.21. The lowest BCUT2D eigenvalue weighted by Crippen LogP contribution is -2.43. The molecule has 0 aromatic heterocycles. The van der Waals surface area contributed by atoms with Crippen LogP contribution in [0, 0.1) is 0 Å². The van der Waals surface area contributed by atoms with Gasteiger partial charge in [0, 0.05) is 24.7 Å². The zero-order valence-corrected chi connectivity index (χ0v) is 18.9. The van der Waals surface area contributed by atoms with Crippen molar-refractivity contribution in [3.05, 3.63) is 59.1 Å². The highest BCUT2D eigenvalue weighted by Crippen LogP contribution is 2.25. The van der Waals surface area contributed by atoms with Crippen LogP contribution < -0.4 is 10.6 Å². The number of nitrogens with zero attached hydrogens (tertiary/aromatic N) is 1. The molecule has 0 bridgehead atoms. The molecular weight excluding hydrogens is 497 g/mol. The zero-order chi connectivity index (χ0) is 18.6. The van der Waals surface area contributed by atoms with Gasteiger partial charge in [-0.2, -0.15) is 0 Å². The monoisotopic (exact) mass is 519 g/mol. The third-order valence-electron chi connectivity index (χ3n) is 4.42. The first kappa shape index (κ1) is 22.0.